The van der Waals surface area contributed by atoms with Crippen LogP contribution in [-0.2, 0) is 4.79 Å². The largest absolute Gasteiger partial charge is 0.481 e. The van der Waals surface area contributed by atoms with E-state index >= 15 is 0 Å². The molecule has 0 aromatic carbocycles. The van der Waals surface area contributed by atoms with E-state index in [2.05, 4.69) is 40.9 Å². The molecular formula is C42H74N2O6. The minimum atomic E-state index is -0.833. The number of carboxylic acid groups (broad SMARTS) is 1. The summed E-state index contributed by atoms with van der Waals surface area (Å²) in [6.07, 6.45) is 14.5. The molecule has 0 spiro atoms. The zero-order chi connectivity index (χ0) is 37.2. The van der Waals surface area contributed by atoms with Gasteiger partial charge in [-0.25, -0.2) is 0 Å². The number of fused-ring (bicyclic) bond motifs is 2. The molecule has 6 fully saturated rings. The SMILES string of the molecule is C=C1CCC2[C@H](CO)C([C@@]3(C)CC[C@H](O)C[C@@H]3CN)CC[C@]12C.C=C1CCC2[C@H](CO)C([C@@]3(C)CC[C@H](O)C[C@@H]3CN)CC[C@]12C.CC(=O)O. The first-order valence-electron chi connectivity index (χ1n) is 20.0. The Morgan fingerprint density at radius 3 is 1.30 bits per heavy atom. The summed E-state index contributed by atoms with van der Waals surface area (Å²) >= 11 is 0. The lowest BCUT2D eigenvalue weighted by Crippen LogP contribution is -2.52. The van der Waals surface area contributed by atoms with Crippen molar-refractivity contribution in [3.63, 3.8) is 0 Å². The highest BCUT2D eigenvalue weighted by Crippen LogP contribution is 2.64. The topological polar surface area (TPSA) is 170 Å². The molecular weight excluding hydrogens is 628 g/mol. The third-order valence-electron chi connectivity index (χ3n) is 16.5. The standard InChI is InChI=1S/2C20H35NO2.C2H4O2/c2*1-13-4-5-17-16(12-22)18(7-9-19(13,17)2)20(3)8-6-15(23)10-14(20)11-21;1-2(3)4/h2*14-18,22-23H,1,4-12,21H2,2-3H3;1H3,(H,3,4)/t2*14-,15+,16+,17?,18?,19-,20+;/m11./s1. The molecule has 14 atom stereocenters. The fourth-order valence-corrected chi connectivity index (χ4v) is 13.0. The van der Waals surface area contributed by atoms with Crippen molar-refractivity contribution in [3.05, 3.63) is 24.3 Å². The Balaban J connectivity index is 0.000000203. The van der Waals surface area contributed by atoms with Crippen LogP contribution >= 0.6 is 0 Å². The lowest BCUT2D eigenvalue weighted by molar-refractivity contribution is -0.134. The normalized spacial score (nSPS) is 47.3. The van der Waals surface area contributed by atoms with Gasteiger partial charge >= 0.3 is 0 Å². The lowest BCUT2D eigenvalue weighted by atomic mass is 9.49. The highest BCUT2D eigenvalue weighted by molar-refractivity contribution is 5.62. The number of aliphatic hydroxyl groups is 4. The molecule has 0 radical (unpaired) electrons. The molecule has 288 valence electrons. The second-order valence-electron chi connectivity index (χ2n) is 18.6. The Kier molecular flexibility index (Phi) is 13.6. The van der Waals surface area contributed by atoms with Gasteiger partial charge in [-0.1, -0.05) is 52.0 Å². The van der Waals surface area contributed by atoms with Gasteiger partial charge in [0.1, 0.15) is 0 Å². The van der Waals surface area contributed by atoms with Crippen molar-refractivity contribution < 1.29 is 30.3 Å². The number of aliphatic hydroxyl groups excluding tert-OH is 4. The summed E-state index contributed by atoms with van der Waals surface area (Å²) in [6.45, 7) is 21.2. The van der Waals surface area contributed by atoms with Crippen molar-refractivity contribution in [1.82, 2.24) is 0 Å². The molecule has 0 aromatic rings. The summed E-state index contributed by atoms with van der Waals surface area (Å²) in [5, 5.41) is 48.1. The third kappa shape index (κ3) is 7.68. The van der Waals surface area contributed by atoms with E-state index in [-0.39, 0.29) is 47.1 Å². The Morgan fingerprint density at radius 1 is 0.660 bits per heavy atom. The van der Waals surface area contributed by atoms with E-state index in [1.54, 1.807) is 0 Å². The molecule has 0 aromatic heterocycles. The molecule has 0 bridgehead atoms. The van der Waals surface area contributed by atoms with Crippen LogP contribution in [0.3, 0.4) is 0 Å². The van der Waals surface area contributed by atoms with Gasteiger partial charge in [0.15, 0.2) is 0 Å². The van der Waals surface area contributed by atoms with Crippen LogP contribution in [-0.4, -0.2) is 70.0 Å². The number of carbonyl (C=O) groups is 1. The van der Waals surface area contributed by atoms with Crippen LogP contribution in [0.2, 0.25) is 0 Å². The first kappa shape index (κ1) is 41.5. The molecule has 0 amide bonds. The molecule has 0 saturated heterocycles. The number of rotatable bonds is 6. The van der Waals surface area contributed by atoms with E-state index in [0.29, 0.717) is 60.4 Å². The van der Waals surface area contributed by atoms with Crippen molar-refractivity contribution in [2.45, 2.75) is 137 Å². The maximum Gasteiger partial charge on any atom is 0.300 e. The molecule has 6 aliphatic rings. The molecule has 8 nitrogen and oxygen atoms in total. The van der Waals surface area contributed by atoms with Gasteiger partial charge in [-0.15, -0.1) is 0 Å². The van der Waals surface area contributed by atoms with Crippen molar-refractivity contribution >= 4 is 5.97 Å². The molecule has 4 unspecified atom stereocenters. The van der Waals surface area contributed by atoms with E-state index in [4.69, 9.17) is 21.4 Å². The molecule has 6 rings (SSSR count). The van der Waals surface area contributed by atoms with Gasteiger partial charge in [-0.05, 0) is 172 Å². The van der Waals surface area contributed by atoms with E-state index in [9.17, 15) is 20.4 Å². The Hall–Kier alpha value is -1.29. The van der Waals surface area contributed by atoms with Crippen LogP contribution < -0.4 is 11.5 Å². The Bertz CT molecular complexity index is 1110. The van der Waals surface area contributed by atoms with E-state index in [1.165, 1.54) is 49.7 Å². The van der Waals surface area contributed by atoms with Gasteiger partial charge in [-0.2, -0.15) is 0 Å². The first-order chi connectivity index (χ1) is 23.5. The number of allylic oxidation sites excluding steroid dienone is 2. The number of carboxylic acids is 1. The highest BCUT2D eigenvalue weighted by Gasteiger charge is 2.58. The van der Waals surface area contributed by atoms with Crippen molar-refractivity contribution in [2.75, 3.05) is 26.3 Å². The van der Waals surface area contributed by atoms with Crippen molar-refractivity contribution in [1.29, 1.82) is 0 Å². The summed E-state index contributed by atoms with van der Waals surface area (Å²) in [5.74, 6) is 2.83. The summed E-state index contributed by atoms with van der Waals surface area (Å²) in [7, 11) is 0. The fourth-order valence-electron chi connectivity index (χ4n) is 13.0. The molecule has 6 saturated carbocycles. The maximum absolute atomic E-state index is 10.3. The van der Waals surface area contributed by atoms with Crippen molar-refractivity contribution in [2.24, 2.45) is 80.5 Å². The molecule has 6 aliphatic carbocycles. The van der Waals surface area contributed by atoms with Gasteiger partial charge in [0.25, 0.3) is 5.97 Å². The average Bonchev–Trinajstić information content (AvgIpc) is 3.56. The van der Waals surface area contributed by atoms with Crippen LogP contribution in [0.1, 0.15) is 125 Å². The second kappa shape index (κ2) is 16.4. The number of aliphatic carboxylic acids is 1. The summed E-state index contributed by atoms with van der Waals surface area (Å²) in [6, 6.07) is 0. The highest BCUT2D eigenvalue weighted by atomic mass is 16.4. The van der Waals surface area contributed by atoms with Gasteiger partial charge < -0.3 is 37.0 Å². The second-order valence-corrected chi connectivity index (χ2v) is 18.6. The third-order valence-corrected chi connectivity index (χ3v) is 16.5. The number of hydrogen-bond acceptors (Lipinski definition) is 7. The van der Waals surface area contributed by atoms with Crippen LogP contribution in [0.5, 0.6) is 0 Å². The quantitative estimate of drug-likeness (QED) is 0.158. The van der Waals surface area contributed by atoms with E-state index in [1.807, 2.05) is 0 Å². The van der Waals surface area contributed by atoms with Gasteiger partial charge in [0.05, 0.1) is 12.2 Å². The fraction of sp³-hybridized carbons (Fsp3) is 0.881. The maximum atomic E-state index is 10.3. The zero-order valence-corrected chi connectivity index (χ0v) is 32.2. The first-order valence-corrected chi connectivity index (χ1v) is 20.0. The molecule has 9 N–H and O–H groups in total. The summed E-state index contributed by atoms with van der Waals surface area (Å²) in [5.41, 5.74) is 15.8. The zero-order valence-electron chi connectivity index (χ0n) is 32.2. The predicted molar refractivity (Wildman–Crippen MR) is 201 cm³/mol. The monoisotopic (exact) mass is 703 g/mol. The smallest absolute Gasteiger partial charge is 0.300 e. The molecule has 50 heavy (non-hydrogen) atoms. The Morgan fingerprint density at radius 2 is 1.00 bits per heavy atom. The van der Waals surface area contributed by atoms with Crippen LogP contribution in [0.4, 0.5) is 0 Å². The van der Waals surface area contributed by atoms with Gasteiger partial charge in [0, 0.05) is 20.1 Å². The van der Waals surface area contributed by atoms with Gasteiger partial charge in [0.2, 0.25) is 0 Å². The lowest BCUT2D eigenvalue weighted by Gasteiger charge is -2.56. The van der Waals surface area contributed by atoms with Crippen LogP contribution in [0.25, 0.3) is 0 Å². The van der Waals surface area contributed by atoms with E-state index < -0.39 is 5.97 Å². The number of hydrogen-bond donors (Lipinski definition) is 7. The van der Waals surface area contributed by atoms with Crippen LogP contribution in [0, 0.1) is 69.0 Å². The molecule has 0 heterocycles. The van der Waals surface area contributed by atoms with E-state index in [0.717, 1.165) is 58.3 Å². The molecule has 8 heteroatoms. The minimum Gasteiger partial charge on any atom is -0.481 e. The summed E-state index contributed by atoms with van der Waals surface area (Å²) in [4.78, 5) is 9.00. The minimum absolute atomic E-state index is 0.159. The average molecular weight is 703 g/mol. The van der Waals surface area contributed by atoms with Crippen molar-refractivity contribution in [3.8, 4) is 0 Å². The number of nitrogens with two attached hydrogens (primary N) is 2. The predicted octanol–water partition coefficient (Wildman–Crippen LogP) is 6.30. The van der Waals surface area contributed by atoms with Gasteiger partial charge in [-0.3, -0.25) is 4.79 Å². The summed E-state index contributed by atoms with van der Waals surface area (Å²) < 4.78 is 0. The molecule has 0 aliphatic heterocycles. The Labute approximate surface area is 303 Å². The van der Waals surface area contributed by atoms with Crippen LogP contribution in [0.15, 0.2) is 24.3 Å².